The van der Waals surface area contributed by atoms with Crippen molar-refractivity contribution in [2.45, 2.75) is 42.5 Å². The maximum Gasteiger partial charge on any atom is 0.265 e. The Kier molecular flexibility index (Phi) is 6.12. The number of benzene rings is 2. The van der Waals surface area contributed by atoms with Crippen molar-refractivity contribution in [1.82, 2.24) is 4.98 Å². The average Bonchev–Trinajstić information content (AvgIpc) is 3.19. The second kappa shape index (κ2) is 8.12. The van der Waals surface area contributed by atoms with Gasteiger partial charge in [-0.2, -0.15) is 0 Å². The molecular weight excluding hydrogens is 420 g/mol. The highest BCUT2D eigenvalue weighted by atomic mass is 32.2. The second-order valence-electron chi connectivity index (χ2n) is 8.01. The highest BCUT2D eigenvalue weighted by Gasteiger charge is 2.50. The Morgan fingerprint density at radius 3 is 1.97 bits per heavy atom. The average molecular weight is 447 g/mol. The van der Waals surface area contributed by atoms with Crippen molar-refractivity contribution >= 4 is 40.1 Å². The van der Waals surface area contributed by atoms with Crippen molar-refractivity contribution in [3.63, 3.8) is 0 Å². The fraction of sp³-hybridized carbons (Fsp3) is 0.286. The highest BCUT2D eigenvalue weighted by Crippen LogP contribution is 2.44. The lowest BCUT2D eigenvalue weighted by atomic mass is 9.97. The van der Waals surface area contributed by atoms with E-state index in [0.717, 1.165) is 26.6 Å². The van der Waals surface area contributed by atoms with E-state index >= 15 is 0 Å². The van der Waals surface area contributed by atoms with Crippen molar-refractivity contribution in [3.05, 3.63) is 71.7 Å². The minimum atomic E-state index is -3.81. The van der Waals surface area contributed by atoms with E-state index in [1.54, 1.807) is 6.20 Å². The van der Waals surface area contributed by atoms with Gasteiger partial charge in [-0.1, -0.05) is 81.4 Å². The molecule has 1 atom stereocenters. The topological polar surface area (TPSA) is 93.3 Å². The number of sulfonamides is 1. The maximum absolute atomic E-state index is 12.2. The molecule has 1 aromatic heterocycles. The molecule has 0 saturated heterocycles. The second-order valence-corrected chi connectivity index (χ2v) is 14.7. The molecule has 3 N–H and O–H groups in total. The number of aromatic nitrogens is 1. The van der Waals surface area contributed by atoms with Crippen LogP contribution < -0.4 is 15.5 Å². The van der Waals surface area contributed by atoms with E-state index < -0.39 is 23.4 Å². The minimum Gasteiger partial charge on any atom is -0.424 e. The number of hydrogen-bond acceptors (Lipinski definition) is 5. The van der Waals surface area contributed by atoms with Crippen LogP contribution in [0.4, 0.5) is 0 Å². The van der Waals surface area contributed by atoms with Crippen LogP contribution in [0, 0.1) is 0 Å². The molecular formula is C21H26N2O3S2Si. The molecule has 0 aliphatic carbocycles. The van der Waals surface area contributed by atoms with E-state index in [0.29, 0.717) is 6.42 Å². The fourth-order valence-corrected chi connectivity index (χ4v) is 9.45. The van der Waals surface area contributed by atoms with Gasteiger partial charge in [-0.3, -0.25) is 0 Å². The van der Waals surface area contributed by atoms with E-state index in [1.165, 1.54) is 0 Å². The van der Waals surface area contributed by atoms with Crippen molar-refractivity contribution in [3.8, 4) is 0 Å². The zero-order valence-corrected chi connectivity index (χ0v) is 19.4. The zero-order chi connectivity index (χ0) is 21.3. The van der Waals surface area contributed by atoms with Crippen LogP contribution in [0.3, 0.4) is 0 Å². The zero-order valence-electron chi connectivity index (χ0n) is 16.7. The van der Waals surface area contributed by atoms with Gasteiger partial charge in [0.05, 0.1) is 0 Å². The standard InChI is InChI=1S/C21H26N2O3S2Si/c1-16(19-15-23-20(27-19)28(22,24)25)14-21(2,3)29(26,17-10-6-4-7-11-17)18-12-8-5-9-13-18/h4-13,15-16,26H,14H2,1-3H3,(H2,22,24,25). The normalized spacial score (nSPS) is 14.0. The Hall–Kier alpha value is -1.84. The Morgan fingerprint density at radius 2 is 1.55 bits per heavy atom. The SMILES string of the molecule is CC(CC(C)(C)[Si](O)(c1ccccc1)c1ccccc1)c1cnc(S(N)(=O)=O)s1. The lowest BCUT2D eigenvalue weighted by molar-refractivity contribution is 0.445. The van der Waals surface area contributed by atoms with Crippen LogP contribution in [0.2, 0.25) is 5.04 Å². The number of nitrogens with zero attached hydrogens (tertiary/aromatic N) is 1. The molecule has 0 amide bonds. The first-order chi connectivity index (χ1) is 13.6. The molecule has 0 saturated carbocycles. The third-order valence-corrected chi connectivity index (χ3v) is 12.5. The number of thiazole rings is 1. The molecule has 1 heterocycles. The van der Waals surface area contributed by atoms with E-state index in [1.807, 2.05) is 67.6 Å². The Bertz CT molecular complexity index is 1030. The highest BCUT2D eigenvalue weighted by molar-refractivity contribution is 7.91. The van der Waals surface area contributed by atoms with Crippen molar-refractivity contribution in [1.29, 1.82) is 0 Å². The molecule has 154 valence electrons. The third kappa shape index (κ3) is 4.36. The summed E-state index contributed by atoms with van der Waals surface area (Å²) in [6, 6.07) is 19.7. The summed E-state index contributed by atoms with van der Waals surface area (Å²) in [5.41, 5.74) is 0. The Balaban J connectivity index is 2.00. The molecule has 5 nitrogen and oxygen atoms in total. The van der Waals surface area contributed by atoms with Gasteiger partial charge in [0, 0.05) is 11.1 Å². The number of rotatable bonds is 7. The number of primary sulfonamides is 1. The largest absolute Gasteiger partial charge is 0.424 e. The number of hydrogen-bond donors (Lipinski definition) is 2. The first-order valence-electron chi connectivity index (χ1n) is 9.37. The molecule has 8 heteroatoms. The van der Waals surface area contributed by atoms with Crippen molar-refractivity contribution in [2.75, 3.05) is 0 Å². The molecule has 0 aliphatic heterocycles. The third-order valence-electron chi connectivity index (χ3n) is 5.41. The minimum absolute atomic E-state index is 0.0180. The fourth-order valence-electron chi connectivity index (χ4n) is 3.95. The van der Waals surface area contributed by atoms with Crippen LogP contribution in [0.5, 0.6) is 0 Å². The summed E-state index contributed by atoms with van der Waals surface area (Å²) in [6.45, 7) is 6.22. The van der Waals surface area contributed by atoms with Crippen LogP contribution in [-0.2, 0) is 10.0 Å². The van der Waals surface area contributed by atoms with E-state index in [9.17, 15) is 13.2 Å². The molecule has 3 rings (SSSR count). The van der Waals surface area contributed by atoms with Gasteiger partial charge in [0.2, 0.25) is 4.34 Å². The summed E-state index contributed by atoms with van der Waals surface area (Å²) in [5.74, 6) is 0.0180. The first kappa shape index (κ1) is 21.9. The first-order valence-corrected chi connectivity index (χ1v) is 13.7. The van der Waals surface area contributed by atoms with Gasteiger partial charge in [-0.15, -0.1) is 11.3 Å². The van der Waals surface area contributed by atoms with Gasteiger partial charge >= 0.3 is 0 Å². The van der Waals surface area contributed by atoms with Gasteiger partial charge in [0.25, 0.3) is 18.3 Å². The van der Waals surface area contributed by atoms with Crippen LogP contribution in [0.25, 0.3) is 0 Å². The molecule has 29 heavy (non-hydrogen) atoms. The van der Waals surface area contributed by atoms with Gasteiger partial charge in [-0.25, -0.2) is 18.5 Å². The van der Waals surface area contributed by atoms with Crippen LogP contribution in [0.15, 0.2) is 71.2 Å². The van der Waals surface area contributed by atoms with Crippen molar-refractivity contribution < 1.29 is 13.2 Å². The van der Waals surface area contributed by atoms with Crippen LogP contribution >= 0.6 is 11.3 Å². The molecule has 3 aromatic rings. The summed E-state index contributed by atoms with van der Waals surface area (Å²) >= 11 is 1.10. The quantitative estimate of drug-likeness (QED) is 0.546. The molecule has 0 fully saturated rings. The van der Waals surface area contributed by atoms with Gasteiger partial charge in [0.15, 0.2) is 0 Å². The predicted octanol–water partition coefficient (Wildman–Crippen LogP) is 2.82. The monoisotopic (exact) mass is 446 g/mol. The van der Waals surface area contributed by atoms with Crippen LogP contribution in [-0.4, -0.2) is 26.5 Å². The van der Waals surface area contributed by atoms with Crippen molar-refractivity contribution in [2.24, 2.45) is 5.14 Å². The summed E-state index contributed by atoms with van der Waals surface area (Å²) in [6.07, 6.45) is 2.25. The molecule has 2 aromatic carbocycles. The summed E-state index contributed by atoms with van der Waals surface area (Å²) in [5, 5.41) is 6.69. The lowest BCUT2D eigenvalue weighted by Crippen LogP contribution is -2.65. The molecule has 0 bridgehead atoms. The Labute approximate surface area is 177 Å². The number of nitrogens with two attached hydrogens (primary N) is 1. The van der Waals surface area contributed by atoms with E-state index in [4.69, 9.17) is 5.14 Å². The van der Waals surface area contributed by atoms with E-state index in [2.05, 4.69) is 18.8 Å². The smallest absolute Gasteiger partial charge is 0.265 e. The summed E-state index contributed by atoms with van der Waals surface area (Å²) in [7, 11) is -6.92. The summed E-state index contributed by atoms with van der Waals surface area (Å²) < 4.78 is 23.1. The maximum atomic E-state index is 12.2. The lowest BCUT2D eigenvalue weighted by Gasteiger charge is -2.42. The van der Waals surface area contributed by atoms with Gasteiger partial charge in [-0.05, 0) is 27.8 Å². The van der Waals surface area contributed by atoms with Gasteiger partial charge in [0.1, 0.15) is 0 Å². The predicted molar refractivity (Wildman–Crippen MR) is 121 cm³/mol. The molecule has 0 spiro atoms. The molecule has 1 unspecified atom stereocenters. The van der Waals surface area contributed by atoms with E-state index in [-0.39, 0.29) is 10.3 Å². The Morgan fingerprint density at radius 1 is 1.07 bits per heavy atom. The molecule has 0 aliphatic rings. The summed E-state index contributed by atoms with van der Waals surface area (Å²) in [4.78, 5) is 17.0. The van der Waals surface area contributed by atoms with Crippen LogP contribution in [0.1, 0.15) is 38.0 Å². The molecule has 0 radical (unpaired) electrons. The van der Waals surface area contributed by atoms with Gasteiger partial charge < -0.3 is 4.80 Å².